The van der Waals surface area contributed by atoms with Gasteiger partial charge in [-0.1, -0.05) is 30.3 Å². The number of hydrogen-bond acceptors (Lipinski definition) is 7. The van der Waals surface area contributed by atoms with Crippen LogP contribution < -0.4 is 14.8 Å². The minimum Gasteiger partial charge on any atom is -0.493 e. The standard InChI is InChI=1S/C36H39N5O6/c1-39-23-34(42)38-30-14-17-40(36(44)28-8-3-6-26(18-28)21-41-16-5-15-37-41)22-33(30)46-24-27-7-4-9-29(19-27)47-31-12-10-25(11-13-35(39)43)20-32(31)45-2/h3-10,12,15-16,18-20,30,33H,11,13-14,17,21-24H2,1-2H3,(H,38,42)/t30-,33-/m0/s1. The van der Waals surface area contributed by atoms with Crippen LogP contribution in [0.5, 0.6) is 17.2 Å². The number of nitrogens with one attached hydrogen (secondary N) is 1. The van der Waals surface area contributed by atoms with E-state index in [1.165, 1.54) is 4.90 Å². The van der Waals surface area contributed by atoms with Crippen molar-refractivity contribution in [2.45, 2.75) is 44.6 Å². The Morgan fingerprint density at radius 1 is 1.02 bits per heavy atom. The predicted octanol–water partition coefficient (Wildman–Crippen LogP) is 4.05. The van der Waals surface area contributed by atoms with Crippen molar-refractivity contribution in [3.63, 3.8) is 0 Å². The molecule has 3 aliphatic rings. The van der Waals surface area contributed by atoms with Crippen LogP contribution in [0.3, 0.4) is 0 Å². The molecule has 4 heterocycles. The van der Waals surface area contributed by atoms with E-state index in [2.05, 4.69) is 10.4 Å². The first-order valence-corrected chi connectivity index (χ1v) is 15.8. The Hall–Kier alpha value is -5.16. The average Bonchev–Trinajstić information content (AvgIpc) is 3.59. The van der Waals surface area contributed by atoms with Gasteiger partial charge in [0.1, 0.15) is 5.75 Å². The van der Waals surface area contributed by atoms with Crippen LogP contribution in [0, 0.1) is 0 Å². The Balaban J connectivity index is 1.22. The summed E-state index contributed by atoms with van der Waals surface area (Å²) in [4.78, 5) is 43.0. The zero-order chi connectivity index (χ0) is 32.8. The van der Waals surface area contributed by atoms with Gasteiger partial charge < -0.3 is 29.3 Å². The SMILES string of the molecule is COc1cc2ccc1Oc1cccc(c1)CO[C@H]1CN(C(=O)c3cccc(Cn4cccn4)c3)CC[C@@H]1NC(=O)CN(C)C(=O)CC2. The highest BCUT2D eigenvalue weighted by Crippen LogP contribution is 2.33. The Morgan fingerprint density at radius 2 is 1.89 bits per heavy atom. The van der Waals surface area contributed by atoms with Crippen molar-refractivity contribution in [3.05, 3.63) is 107 Å². The van der Waals surface area contributed by atoms with Crippen molar-refractivity contribution in [1.82, 2.24) is 24.9 Å². The number of carbonyl (C=O) groups is 3. The number of aryl methyl sites for hydroxylation is 1. The number of piperidine rings is 1. The number of ether oxygens (including phenoxy) is 3. The van der Waals surface area contributed by atoms with E-state index in [-0.39, 0.29) is 43.3 Å². The van der Waals surface area contributed by atoms with Crippen LogP contribution in [0.2, 0.25) is 0 Å². The van der Waals surface area contributed by atoms with E-state index >= 15 is 0 Å². The molecule has 0 unspecified atom stereocenters. The van der Waals surface area contributed by atoms with Crippen LogP contribution in [0.4, 0.5) is 0 Å². The molecule has 7 rings (SSSR count). The molecule has 1 saturated heterocycles. The van der Waals surface area contributed by atoms with Crippen LogP contribution in [-0.2, 0) is 33.9 Å². The first-order valence-electron chi connectivity index (χ1n) is 15.8. The number of methoxy groups -OCH3 is 1. The van der Waals surface area contributed by atoms with Gasteiger partial charge in [0.2, 0.25) is 11.8 Å². The van der Waals surface area contributed by atoms with Crippen LogP contribution in [-0.4, -0.2) is 83.2 Å². The van der Waals surface area contributed by atoms with Crippen LogP contribution in [0.15, 0.2) is 85.2 Å². The van der Waals surface area contributed by atoms with Gasteiger partial charge in [-0.3, -0.25) is 19.1 Å². The van der Waals surface area contributed by atoms with Gasteiger partial charge in [0.25, 0.3) is 5.91 Å². The molecule has 0 saturated carbocycles. The summed E-state index contributed by atoms with van der Waals surface area (Å²) in [5, 5.41) is 7.36. The van der Waals surface area contributed by atoms with Crippen LogP contribution >= 0.6 is 0 Å². The molecule has 0 radical (unpaired) electrons. The number of nitrogens with zero attached hydrogens (tertiary/aromatic N) is 4. The minimum atomic E-state index is -0.483. The number of benzene rings is 3. The minimum absolute atomic E-state index is 0.0775. The highest BCUT2D eigenvalue weighted by Gasteiger charge is 2.34. The number of fused-ring (bicyclic) bond motifs is 9. The lowest BCUT2D eigenvalue weighted by Gasteiger charge is -2.39. The van der Waals surface area contributed by atoms with Crippen molar-refractivity contribution in [1.29, 1.82) is 0 Å². The van der Waals surface area contributed by atoms with Crippen LogP contribution in [0.1, 0.15) is 39.9 Å². The molecule has 3 aliphatic heterocycles. The van der Waals surface area contributed by atoms with E-state index in [0.717, 1.165) is 16.7 Å². The number of carbonyl (C=O) groups excluding carboxylic acids is 3. The quantitative estimate of drug-likeness (QED) is 0.359. The topological polar surface area (TPSA) is 115 Å². The molecule has 4 bridgehead atoms. The molecule has 1 N–H and O–H groups in total. The molecular formula is C36H39N5O6. The Labute approximate surface area is 274 Å². The third-order valence-electron chi connectivity index (χ3n) is 8.52. The van der Waals surface area contributed by atoms with E-state index in [1.807, 2.05) is 83.7 Å². The summed E-state index contributed by atoms with van der Waals surface area (Å²) in [5.41, 5.74) is 3.36. The molecule has 0 aliphatic carbocycles. The maximum Gasteiger partial charge on any atom is 0.253 e. The normalized spacial score (nSPS) is 19.1. The first kappa shape index (κ1) is 31.8. The predicted molar refractivity (Wildman–Crippen MR) is 174 cm³/mol. The van der Waals surface area contributed by atoms with Gasteiger partial charge in [0, 0.05) is 44.5 Å². The fraction of sp³-hybridized carbons (Fsp3) is 0.333. The highest BCUT2D eigenvalue weighted by molar-refractivity contribution is 5.94. The lowest BCUT2D eigenvalue weighted by molar-refractivity contribution is -0.135. The largest absolute Gasteiger partial charge is 0.493 e. The van der Waals surface area contributed by atoms with Gasteiger partial charge in [-0.05, 0) is 72.0 Å². The van der Waals surface area contributed by atoms with Gasteiger partial charge >= 0.3 is 0 Å². The van der Waals surface area contributed by atoms with E-state index < -0.39 is 6.10 Å². The highest BCUT2D eigenvalue weighted by atomic mass is 16.5. The Bertz CT molecular complexity index is 1720. The van der Waals surface area contributed by atoms with Gasteiger partial charge in [-0.25, -0.2) is 0 Å². The molecule has 11 heteroatoms. The number of rotatable bonds is 4. The van der Waals surface area contributed by atoms with E-state index in [4.69, 9.17) is 14.2 Å². The van der Waals surface area contributed by atoms with Crippen molar-refractivity contribution in [2.75, 3.05) is 33.8 Å². The summed E-state index contributed by atoms with van der Waals surface area (Å²) >= 11 is 0. The molecule has 1 fully saturated rings. The number of likely N-dealkylation sites (N-methyl/N-ethyl adjacent to an activating group) is 1. The third kappa shape index (κ3) is 7.98. The Morgan fingerprint density at radius 3 is 2.72 bits per heavy atom. The maximum atomic E-state index is 13.7. The summed E-state index contributed by atoms with van der Waals surface area (Å²) < 4.78 is 20.0. The number of aromatic nitrogens is 2. The molecule has 11 nitrogen and oxygen atoms in total. The molecule has 0 spiro atoms. The van der Waals surface area contributed by atoms with E-state index in [0.29, 0.717) is 55.3 Å². The molecular weight excluding hydrogens is 598 g/mol. The lowest BCUT2D eigenvalue weighted by Crippen LogP contribution is -2.57. The number of likely N-dealkylation sites (tertiary alicyclic amines) is 1. The van der Waals surface area contributed by atoms with Crippen molar-refractivity contribution in [3.8, 4) is 17.2 Å². The fourth-order valence-electron chi connectivity index (χ4n) is 5.98. The van der Waals surface area contributed by atoms with Crippen molar-refractivity contribution >= 4 is 17.7 Å². The molecule has 244 valence electrons. The van der Waals surface area contributed by atoms with Gasteiger partial charge in [-0.2, -0.15) is 5.10 Å². The van der Waals surface area contributed by atoms with Crippen molar-refractivity contribution in [2.24, 2.45) is 0 Å². The van der Waals surface area contributed by atoms with E-state index in [1.54, 1.807) is 25.3 Å². The first-order chi connectivity index (χ1) is 22.8. The number of amides is 3. The van der Waals surface area contributed by atoms with Gasteiger partial charge in [0.15, 0.2) is 11.5 Å². The monoisotopic (exact) mass is 637 g/mol. The zero-order valence-electron chi connectivity index (χ0n) is 26.6. The number of hydrogen-bond donors (Lipinski definition) is 1. The molecule has 2 atom stereocenters. The van der Waals surface area contributed by atoms with Crippen molar-refractivity contribution < 1.29 is 28.6 Å². The average molecular weight is 638 g/mol. The van der Waals surface area contributed by atoms with Gasteiger partial charge in [-0.15, -0.1) is 0 Å². The molecule has 3 amide bonds. The molecule has 47 heavy (non-hydrogen) atoms. The smallest absolute Gasteiger partial charge is 0.253 e. The summed E-state index contributed by atoms with van der Waals surface area (Å²) in [6, 6.07) is 22.3. The van der Waals surface area contributed by atoms with E-state index in [9.17, 15) is 14.4 Å². The zero-order valence-corrected chi connectivity index (χ0v) is 26.6. The maximum absolute atomic E-state index is 13.7. The summed E-state index contributed by atoms with van der Waals surface area (Å²) in [6.07, 6.45) is 4.36. The third-order valence-corrected chi connectivity index (χ3v) is 8.52. The Kier molecular flexibility index (Phi) is 9.82. The fourth-order valence-corrected chi connectivity index (χ4v) is 5.98. The van der Waals surface area contributed by atoms with Crippen LogP contribution in [0.25, 0.3) is 0 Å². The summed E-state index contributed by atoms with van der Waals surface area (Å²) in [5.74, 6) is 1.22. The van der Waals surface area contributed by atoms with Gasteiger partial charge in [0.05, 0.1) is 39.0 Å². The second-order valence-electron chi connectivity index (χ2n) is 12.0. The lowest BCUT2D eigenvalue weighted by atomic mass is 10.00. The molecule has 1 aromatic heterocycles. The summed E-state index contributed by atoms with van der Waals surface area (Å²) in [6.45, 7) is 1.47. The summed E-state index contributed by atoms with van der Waals surface area (Å²) in [7, 11) is 3.21. The molecule has 4 aromatic rings. The molecule has 3 aromatic carbocycles. The second-order valence-corrected chi connectivity index (χ2v) is 12.0. The second kappa shape index (κ2) is 14.5.